The van der Waals surface area contributed by atoms with Gasteiger partial charge in [-0.2, -0.15) is 0 Å². The van der Waals surface area contributed by atoms with E-state index < -0.39 is 0 Å². The molecular weight excluding hydrogens is 262 g/mol. The second kappa shape index (κ2) is 4.85. The van der Waals surface area contributed by atoms with Gasteiger partial charge in [-0.25, -0.2) is 9.78 Å². The number of hydrogen-bond donors (Lipinski definition) is 0. The summed E-state index contributed by atoms with van der Waals surface area (Å²) in [6.07, 6.45) is 3.07. The van der Waals surface area contributed by atoms with Crippen molar-refractivity contribution in [2.24, 2.45) is 0 Å². The van der Waals surface area contributed by atoms with Crippen molar-refractivity contribution in [3.8, 4) is 0 Å². The summed E-state index contributed by atoms with van der Waals surface area (Å²) in [6.45, 7) is 2.59. The standard InChI is InChI=1S/C10H10ClN3O2S/c1-2-13-4-3-8(15)14(10(13)16)6-7-5-12-9(11)17-7/h3-5H,2,6H2,1H3. The van der Waals surface area contributed by atoms with Crippen molar-refractivity contribution in [1.29, 1.82) is 0 Å². The van der Waals surface area contributed by atoms with Crippen LogP contribution in [0.1, 0.15) is 11.8 Å². The lowest BCUT2D eigenvalue weighted by molar-refractivity contribution is 0.602. The molecule has 0 aliphatic rings. The minimum Gasteiger partial charge on any atom is -0.301 e. The third kappa shape index (κ3) is 2.48. The van der Waals surface area contributed by atoms with Crippen molar-refractivity contribution < 1.29 is 0 Å². The number of nitrogens with zero attached hydrogens (tertiary/aromatic N) is 3. The monoisotopic (exact) mass is 271 g/mol. The van der Waals surface area contributed by atoms with Gasteiger partial charge in [0.05, 0.1) is 6.54 Å². The molecule has 2 rings (SSSR count). The Morgan fingerprint density at radius 2 is 2.24 bits per heavy atom. The number of aromatic nitrogens is 3. The molecular formula is C10H10ClN3O2S. The summed E-state index contributed by atoms with van der Waals surface area (Å²) in [7, 11) is 0. The Labute approximate surface area is 106 Å². The van der Waals surface area contributed by atoms with Crippen LogP contribution < -0.4 is 11.2 Å². The SMILES string of the molecule is CCn1ccc(=O)n(Cc2cnc(Cl)s2)c1=O. The van der Waals surface area contributed by atoms with Gasteiger partial charge in [0.25, 0.3) is 5.56 Å². The van der Waals surface area contributed by atoms with Gasteiger partial charge >= 0.3 is 5.69 Å². The molecule has 0 aliphatic heterocycles. The molecule has 2 aromatic rings. The van der Waals surface area contributed by atoms with E-state index in [1.54, 1.807) is 6.20 Å². The van der Waals surface area contributed by atoms with Gasteiger partial charge in [0, 0.05) is 29.9 Å². The van der Waals surface area contributed by atoms with E-state index in [2.05, 4.69) is 4.98 Å². The third-order valence-electron chi connectivity index (χ3n) is 2.32. The van der Waals surface area contributed by atoms with Gasteiger partial charge in [-0.3, -0.25) is 9.36 Å². The quantitative estimate of drug-likeness (QED) is 0.843. The Balaban J connectivity index is 2.45. The molecule has 17 heavy (non-hydrogen) atoms. The first-order valence-corrected chi connectivity index (χ1v) is 6.21. The van der Waals surface area contributed by atoms with Crippen LogP contribution in [0.25, 0.3) is 0 Å². The minimum atomic E-state index is -0.316. The highest BCUT2D eigenvalue weighted by Crippen LogP contribution is 2.17. The van der Waals surface area contributed by atoms with E-state index in [0.29, 0.717) is 11.0 Å². The second-order valence-corrected chi connectivity index (χ2v) is 5.09. The van der Waals surface area contributed by atoms with Crippen molar-refractivity contribution in [3.63, 3.8) is 0 Å². The van der Waals surface area contributed by atoms with Crippen LogP contribution in [0.4, 0.5) is 0 Å². The average molecular weight is 272 g/mol. The molecule has 0 fully saturated rings. The molecule has 0 N–H and O–H groups in total. The normalized spacial score (nSPS) is 10.7. The highest BCUT2D eigenvalue weighted by molar-refractivity contribution is 7.15. The minimum absolute atomic E-state index is 0.211. The molecule has 90 valence electrons. The maximum absolute atomic E-state index is 11.9. The third-order valence-corrected chi connectivity index (χ3v) is 3.42. The molecule has 0 bridgehead atoms. The number of thiazole rings is 1. The largest absolute Gasteiger partial charge is 0.331 e. The van der Waals surface area contributed by atoms with Gasteiger partial charge in [-0.15, -0.1) is 11.3 Å². The van der Waals surface area contributed by atoms with Crippen molar-refractivity contribution in [1.82, 2.24) is 14.1 Å². The lowest BCUT2D eigenvalue weighted by atomic mass is 10.5. The number of hydrogen-bond acceptors (Lipinski definition) is 4. The highest BCUT2D eigenvalue weighted by Gasteiger charge is 2.07. The van der Waals surface area contributed by atoms with Gasteiger partial charge < -0.3 is 4.57 Å². The van der Waals surface area contributed by atoms with Crippen LogP contribution in [-0.2, 0) is 13.1 Å². The molecule has 0 saturated carbocycles. The van der Waals surface area contributed by atoms with Crippen LogP contribution in [0, 0.1) is 0 Å². The summed E-state index contributed by atoms with van der Waals surface area (Å²) in [6, 6.07) is 1.38. The summed E-state index contributed by atoms with van der Waals surface area (Å²) in [5.74, 6) is 0. The zero-order valence-electron chi connectivity index (χ0n) is 9.09. The second-order valence-electron chi connectivity index (χ2n) is 3.39. The van der Waals surface area contributed by atoms with Gasteiger partial charge in [0.2, 0.25) is 0 Å². The van der Waals surface area contributed by atoms with Crippen molar-refractivity contribution in [2.45, 2.75) is 20.0 Å². The predicted octanol–water partition coefficient (Wildman–Crippen LogP) is 1.19. The first-order chi connectivity index (χ1) is 8.11. The van der Waals surface area contributed by atoms with E-state index >= 15 is 0 Å². The zero-order chi connectivity index (χ0) is 12.4. The van der Waals surface area contributed by atoms with Crippen LogP contribution >= 0.6 is 22.9 Å². The van der Waals surface area contributed by atoms with Gasteiger partial charge in [-0.1, -0.05) is 11.6 Å². The number of halogens is 1. The van der Waals surface area contributed by atoms with E-state index in [1.165, 1.54) is 32.7 Å². The number of rotatable bonds is 3. The van der Waals surface area contributed by atoms with Crippen LogP contribution in [0.2, 0.25) is 4.47 Å². The summed E-state index contributed by atoms with van der Waals surface area (Å²) in [5, 5.41) is 0. The summed E-state index contributed by atoms with van der Waals surface area (Å²) < 4.78 is 3.05. The fourth-order valence-corrected chi connectivity index (χ4v) is 2.42. The molecule has 0 saturated heterocycles. The molecule has 0 aromatic carbocycles. The average Bonchev–Trinajstić information content (AvgIpc) is 2.70. The summed E-state index contributed by atoms with van der Waals surface area (Å²) >= 11 is 6.96. The van der Waals surface area contributed by atoms with E-state index in [4.69, 9.17) is 11.6 Å². The van der Waals surface area contributed by atoms with Crippen molar-refractivity contribution >= 4 is 22.9 Å². The Bertz CT molecular complexity index is 643. The summed E-state index contributed by atoms with van der Waals surface area (Å²) in [5.41, 5.74) is -0.631. The molecule has 5 nitrogen and oxygen atoms in total. The maximum Gasteiger partial charge on any atom is 0.331 e. The fourth-order valence-electron chi connectivity index (χ4n) is 1.46. The molecule has 2 heterocycles. The highest BCUT2D eigenvalue weighted by atomic mass is 35.5. The van der Waals surface area contributed by atoms with Crippen LogP contribution in [0.3, 0.4) is 0 Å². The van der Waals surface area contributed by atoms with Gasteiger partial charge in [0.1, 0.15) is 0 Å². The van der Waals surface area contributed by atoms with E-state index in [-0.39, 0.29) is 17.8 Å². The van der Waals surface area contributed by atoms with Gasteiger partial charge in [-0.05, 0) is 6.92 Å². The lowest BCUT2D eigenvalue weighted by Crippen LogP contribution is -2.38. The Morgan fingerprint density at radius 1 is 1.47 bits per heavy atom. The smallest absolute Gasteiger partial charge is 0.301 e. The first-order valence-electron chi connectivity index (χ1n) is 5.02. The van der Waals surface area contributed by atoms with E-state index in [0.717, 1.165) is 4.88 Å². The molecule has 0 aliphatic carbocycles. The molecule has 0 spiro atoms. The molecule has 0 atom stereocenters. The Hall–Kier alpha value is -1.40. The van der Waals surface area contributed by atoms with Crippen molar-refractivity contribution in [2.75, 3.05) is 0 Å². The molecule has 0 amide bonds. The molecule has 0 radical (unpaired) electrons. The first kappa shape index (κ1) is 12.1. The molecule has 7 heteroatoms. The Morgan fingerprint density at radius 3 is 2.82 bits per heavy atom. The zero-order valence-corrected chi connectivity index (χ0v) is 10.7. The topological polar surface area (TPSA) is 56.9 Å². The lowest BCUT2D eigenvalue weighted by Gasteiger charge is -2.06. The molecule has 0 unspecified atom stereocenters. The fraction of sp³-hybridized carbons (Fsp3) is 0.300. The van der Waals surface area contributed by atoms with Crippen molar-refractivity contribution in [3.05, 3.63) is 48.6 Å². The van der Waals surface area contributed by atoms with E-state index in [1.807, 2.05) is 6.92 Å². The van der Waals surface area contributed by atoms with E-state index in [9.17, 15) is 9.59 Å². The van der Waals surface area contributed by atoms with Crippen LogP contribution in [-0.4, -0.2) is 14.1 Å². The summed E-state index contributed by atoms with van der Waals surface area (Å²) in [4.78, 5) is 28.2. The predicted molar refractivity (Wildman–Crippen MR) is 66.9 cm³/mol. The maximum atomic E-state index is 11.9. The number of aryl methyl sites for hydroxylation is 1. The van der Waals surface area contributed by atoms with Gasteiger partial charge in [0.15, 0.2) is 4.47 Å². The molecule has 2 aromatic heterocycles. The van der Waals surface area contributed by atoms with Crippen LogP contribution in [0.5, 0.6) is 0 Å². The van der Waals surface area contributed by atoms with Crippen LogP contribution in [0.15, 0.2) is 28.0 Å². The Kier molecular flexibility index (Phi) is 3.44.